The van der Waals surface area contributed by atoms with E-state index < -0.39 is 0 Å². The Morgan fingerprint density at radius 1 is 1.82 bits per heavy atom. The number of nitrogens with zero attached hydrogens (tertiary/aromatic N) is 1. The Kier molecular flexibility index (Phi) is 5.82. The van der Waals surface area contributed by atoms with Crippen molar-refractivity contribution < 1.29 is 9.53 Å². The highest BCUT2D eigenvalue weighted by Crippen LogP contribution is 2.15. The molecule has 0 radical (unpaired) electrons. The number of aromatic nitrogens is 1. The van der Waals surface area contributed by atoms with E-state index in [1.54, 1.807) is 11.5 Å². The Morgan fingerprint density at radius 2 is 2.59 bits per heavy atom. The second-order valence-electron chi connectivity index (χ2n) is 3.48. The molecule has 1 aromatic rings. The van der Waals surface area contributed by atoms with E-state index in [2.05, 4.69) is 16.9 Å². The number of hydrogen-bond acceptors (Lipinski definition) is 5. The van der Waals surface area contributed by atoms with Crippen LogP contribution in [-0.4, -0.2) is 30.6 Å². The zero-order valence-corrected chi connectivity index (χ0v) is 10.6. The van der Waals surface area contributed by atoms with Gasteiger partial charge in [-0.1, -0.05) is 6.08 Å². The highest BCUT2D eigenvalue weighted by atomic mass is 32.1. The van der Waals surface area contributed by atoms with Gasteiger partial charge in [0.25, 0.3) is 5.91 Å². The standard InChI is InChI=1S/C11H17N3O2S/c1-3-5-16-6-4-13-10(15)9-7-17-11(14-9)8(2)12/h3,7-8H,1,4-6,12H2,2H3,(H,13,15). The summed E-state index contributed by atoms with van der Waals surface area (Å²) < 4.78 is 5.14. The second-order valence-corrected chi connectivity index (χ2v) is 4.37. The van der Waals surface area contributed by atoms with Crippen molar-refractivity contribution in [3.8, 4) is 0 Å². The van der Waals surface area contributed by atoms with E-state index in [4.69, 9.17) is 10.5 Å². The highest BCUT2D eigenvalue weighted by molar-refractivity contribution is 7.09. The maximum absolute atomic E-state index is 11.6. The summed E-state index contributed by atoms with van der Waals surface area (Å²) in [6, 6.07) is -0.141. The van der Waals surface area contributed by atoms with E-state index in [-0.39, 0.29) is 11.9 Å². The van der Waals surface area contributed by atoms with Crippen LogP contribution < -0.4 is 11.1 Å². The van der Waals surface area contributed by atoms with Gasteiger partial charge in [-0.25, -0.2) is 4.98 Å². The summed E-state index contributed by atoms with van der Waals surface area (Å²) in [5.41, 5.74) is 6.08. The van der Waals surface area contributed by atoms with Crippen LogP contribution in [0, 0.1) is 0 Å². The molecular weight excluding hydrogens is 238 g/mol. The first-order chi connectivity index (χ1) is 8.15. The molecule has 0 saturated heterocycles. The summed E-state index contributed by atoms with van der Waals surface area (Å²) in [6.45, 7) is 6.77. The molecule has 1 unspecified atom stereocenters. The molecule has 3 N–H and O–H groups in total. The molecule has 1 amide bonds. The lowest BCUT2D eigenvalue weighted by Crippen LogP contribution is -2.27. The highest BCUT2D eigenvalue weighted by Gasteiger charge is 2.11. The van der Waals surface area contributed by atoms with Gasteiger partial charge in [-0.3, -0.25) is 4.79 Å². The number of thiazole rings is 1. The molecule has 0 aliphatic rings. The summed E-state index contributed by atoms with van der Waals surface area (Å²) in [4.78, 5) is 15.8. The summed E-state index contributed by atoms with van der Waals surface area (Å²) >= 11 is 1.39. The van der Waals surface area contributed by atoms with Gasteiger partial charge in [0.2, 0.25) is 0 Å². The molecular formula is C11H17N3O2S. The minimum Gasteiger partial charge on any atom is -0.376 e. The molecule has 6 heteroatoms. The topological polar surface area (TPSA) is 77.2 Å². The Bertz CT molecular complexity index is 377. The molecule has 1 heterocycles. The number of ether oxygens (including phenoxy) is 1. The number of hydrogen-bond donors (Lipinski definition) is 2. The van der Waals surface area contributed by atoms with Gasteiger partial charge in [-0.2, -0.15) is 0 Å². The van der Waals surface area contributed by atoms with Gasteiger partial charge in [-0.15, -0.1) is 17.9 Å². The van der Waals surface area contributed by atoms with E-state index in [0.29, 0.717) is 25.5 Å². The van der Waals surface area contributed by atoms with Gasteiger partial charge in [-0.05, 0) is 6.92 Å². The first-order valence-corrected chi connectivity index (χ1v) is 6.21. The quantitative estimate of drug-likeness (QED) is 0.565. The average molecular weight is 255 g/mol. The van der Waals surface area contributed by atoms with Crippen molar-refractivity contribution in [1.82, 2.24) is 10.3 Å². The van der Waals surface area contributed by atoms with Crippen molar-refractivity contribution in [2.24, 2.45) is 5.73 Å². The number of nitrogens with two attached hydrogens (primary N) is 1. The van der Waals surface area contributed by atoms with Crippen LogP contribution in [0.15, 0.2) is 18.0 Å². The smallest absolute Gasteiger partial charge is 0.270 e. The van der Waals surface area contributed by atoms with Crippen LogP contribution in [0.5, 0.6) is 0 Å². The van der Waals surface area contributed by atoms with Crippen molar-refractivity contribution in [2.75, 3.05) is 19.8 Å². The molecule has 17 heavy (non-hydrogen) atoms. The summed E-state index contributed by atoms with van der Waals surface area (Å²) in [5.74, 6) is -0.199. The Labute approximate surface area is 105 Å². The van der Waals surface area contributed by atoms with Crippen LogP contribution in [0.25, 0.3) is 0 Å². The van der Waals surface area contributed by atoms with E-state index in [9.17, 15) is 4.79 Å². The minimum atomic E-state index is -0.199. The lowest BCUT2D eigenvalue weighted by atomic mass is 10.4. The molecule has 0 bridgehead atoms. The molecule has 1 rings (SSSR count). The molecule has 5 nitrogen and oxygen atoms in total. The fourth-order valence-corrected chi connectivity index (χ4v) is 1.85. The zero-order valence-electron chi connectivity index (χ0n) is 9.81. The van der Waals surface area contributed by atoms with Crippen LogP contribution in [0.4, 0.5) is 0 Å². The van der Waals surface area contributed by atoms with Gasteiger partial charge in [0, 0.05) is 11.9 Å². The van der Waals surface area contributed by atoms with Crippen LogP contribution >= 0.6 is 11.3 Å². The fourth-order valence-electron chi connectivity index (χ4n) is 1.10. The SMILES string of the molecule is C=CCOCCNC(=O)c1csc(C(C)N)n1. The molecule has 0 aliphatic heterocycles. The van der Waals surface area contributed by atoms with Crippen LogP contribution in [0.1, 0.15) is 28.5 Å². The van der Waals surface area contributed by atoms with Crippen LogP contribution in [0.2, 0.25) is 0 Å². The maximum Gasteiger partial charge on any atom is 0.270 e. The first kappa shape index (κ1) is 13.8. The Balaban J connectivity index is 2.33. The van der Waals surface area contributed by atoms with Crippen molar-refractivity contribution in [1.29, 1.82) is 0 Å². The molecule has 0 aromatic carbocycles. The molecule has 0 spiro atoms. The van der Waals surface area contributed by atoms with Gasteiger partial charge in [0.15, 0.2) is 0 Å². The molecule has 1 atom stereocenters. The van der Waals surface area contributed by atoms with E-state index >= 15 is 0 Å². The lowest BCUT2D eigenvalue weighted by molar-refractivity contribution is 0.0924. The zero-order chi connectivity index (χ0) is 12.7. The van der Waals surface area contributed by atoms with E-state index in [0.717, 1.165) is 5.01 Å². The molecule has 94 valence electrons. The second kappa shape index (κ2) is 7.16. The molecule has 1 aromatic heterocycles. The van der Waals surface area contributed by atoms with Gasteiger partial charge < -0.3 is 15.8 Å². The fraction of sp³-hybridized carbons (Fsp3) is 0.455. The van der Waals surface area contributed by atoms with Crippen molar-refractivity contribution in [2.45, 2.75) is 13.0 Å². The Morgan fingerprint density at radius 3 is 3.18 bits per heavy atom. The number of carbonyl (C=O) groups excluding carboxylic acids is 1. The molecule has 0 fully saturated rings. The van der Waals surface area contributed by atoms with E-state index in [1.807, 2.05) is 6.92 Å². The predicted molar refractivity (Wildman–Crippen MR) is 68.1 cm³/mol. The average Bonchev–Trinajstić information content (AvgIpc) is 2.78. The number of rotatable bonds is 7. The first-order valence-electron chi connectivity index (χ1n) is 5.33. The third-order valence-corrected chi connectivity index (χ3v) is 2.96. The number of carbonyl (C=O) groups is 1. The van der Waals surface area contributed by atoms with Gasteiger partial charge in [0.1, 0.15) is 10.7 Å². The predicted octanol–water partition coefficient (Wildman–Crippen LogP) is 1.10. The van der Waals surface area contributed by atoms with Crippen molar-refractivity contribution >= 4 is 17.2 Å². The third kappa shape index (κ3) is 4.64. The number of amides is 1. The van der Waals surface area contributed by atoms with Crippen LogP contribution in [0.3, 0.4) is 0 Å². The van der Waals surface area contributed by atoms with Gasteiger partial charge in [0.05, 0.1) is 19.3 Å². The van der Waals surface area contributed by atoms with Crippen LogP contribution in [-0.2, 0) is 4.74 Å². The van der Waals surface area contributed by atoms with Gasteiger partial charge >= 0.3 is 0 Å². The minimum absolute atomic E-state index is 0.141. The van der Waals surface area contributed by atoms with Crippen molar-refractivity contribution in [3.63, 3.8) is 0 Å². The monoisotopic (exact) mass is 255 g/mol. The largest absolute Gasteiger partial charge is 0.376 e. The maximum atomic E-state index is 11.6. The van der Waals surface area contributed by atoms with E-state index in [1.165, 1.54) is 11.3 Å². The molecule has 0 aliphatic carbocycles. The number of nitrogens with one attached hydrogen (secondary N) is 1. The summed E-state index contributed by atoms with van der Waals surface area (Å²) in [5, 5.41) is 5.18. The summed E-state index contributed by atoms with van der Waals surface area (Å²) in [7, 11) is 0. The lowest BCUT2D eigenvalue weighted by Gasteiger charge is -2.03. The normalized spacial score (nSPS) is 12.1. The third-order valence-electron chi connectivity index (χ3n) is 1.91. The Hall–Kier alpha value is -1.24. The summed E-state index contributed by atoms with van der Waals surface area (Å²) in [6.07, 6.45) is 1.66. The van der Waals surface area contributed by atoms with Crippen molar-refractivity contribution in [3.05, 3.63) is 28.7 Å². The molecule has 0 saturated carbocycles.